The molecule has 4 heteroatoms. The quantitative estimate of drug-likeness (QED) is 0.792. The third-order valence-corrected chi connectivity index (χ3v) is 3.59. The highest BCUT2D eigenvalue weighted by Crippen LogP contribution is 2.38. The van der Waals surface area contributed by atoms with E-state index in [1.165, 1.54) is 11.3 Å². The van der Waals surface area contributed by atoms with E-state index in [2.05, 4.69) is 22.0 Å². The summed E-state index contributed by atoms with van der Waals surface area (Å²) >= 11 is 4.85. The van der Waals surface area contributed by atoms with Crippen LogP contribution in [0.15, 0.2) is 22.7 Å². The van der Waals surface area contributed by atoms with E-state index in [9.17, 15) is 0 Å². The topological polar surface area (TPSA) is 33.0 Å². The molecule has 0 amide bonds. The number of ether oxygens (including phenoxy) is 1. The maximum absolute atomic E-state index is 8.78. The molecule has 0 aliphatic heterocycles. The molecule has 0 aliphatic rings. The van der Waals surface area contributed by atoms with Crippen LogP contribution in [0.2, 0.25) is 0 Å². The molecule has 70 valence electrons. The predicted molar refractivity (Wildman–Crippen MR) is 60.8 cm³/mol. The van der Waals surface area contributed by atoms with E-state index in [0.717, 1.165) is 20.3 Å². The van der Waals surface area contributed by atoms with Crippen LogP contribution in [0.4, 0.5) is 0 Å². The third kappa shape index (κ3) is 1.39. The lowest BCUT2D eigenvalue weighted by molar-refractivity contribution is 0.418. The molecule has 1 heterocycles. The Morgan fingerprint density at radius 2 is 2.29 bits per heavy atom. The summed E-state index contributed by atoms with van der Waals surface area (Å²) in [6.07, 6.45) is 0. The molecule has 0 radical (unpaired) electrons. The van der Waals surface area contributed by atoms with Gasteiger partial charge in [-0.3, -0.25) is 0 Å². The van der Waals surface area contributed by atoms with Gasteiger partial charge in [-0.15, -0.1) is 11.3 Å². The highest BCUT2D eigenvalue weighted by atomic mass is 79.9. The molecule has 0 saturated heterocycles. The normalized spacial score (nSPS) is 10.1. The van der Waals surface area contributed by atoms with Crippen molar-refractivity contribution in [2.75, 3.05) is 7.11 Å². The monoisotopic (exact) mass is 267 g/mol. The predicted octanol–water partition coefficient (Wildman–Crippen LogP) is 3.54. The van der Waals surface area contributed by atoms with Gasteiger partial charge in [0.25, 0.3) is 0 Å². The number of thiophene rings is 1. The van der Waals surface area contributed by atoms with Crippen molar-refractivity contribution in [3.63, 3.8) is 0 Å². The van der Waals surface area contributed by atoms with Crippen LogP contribution in [0.5, 0.6) is 5.75 Å². The first-order chi connectivity index (χ1) is 6.76. The average Bonchev–Trinajstić information content (AvgIpc) is 2.60. The summed E-state index contributed by atoms with van der Waals surface area (Å²) < 4.78 is 7.20. The van der Waals surface area contributed by atoms with Crippen molar-refractivity contribution in [1.29, 1.82) is 5.26 Å². The van der Waals surface area contributed by atoms with Gasteiger partial charge >= 0.3 is 0 Å². The average molecular weight is 268 g/mol. The van der Waals surface area contributed by atoms with Crippen LogP contribution in [-0.4, -0.2) is 7.11 Å². The van der Waals surface area contributed by atoms with Gasteiger partial charge in [-0.05, 0) is 33.4 Å². The zero-order chi connectivity index (χ0) is 10.1. The number of nitriles is 1. The molecule has 2 aromatic rings. The molecule has 0 spiro atoms. The van der Waals surface area contributed by atoms with E-state index in [1.54, 1.807) is 7.11 Å². The Hall–Kier alpha value is -1.05. The van der Waals surface area contributed by atoms with Gasteiger partial charge in [0.1, 0.15) is 10.9 Å². The maximum Gasteiger partial charge on any atom is 0.150 e. The number of hydrogen-bond acceptors (Lipinski definition) is 3. The van der Waals surface area contributed by atoms with Crippen LogP contribution in [0, 0.1) is 11.3 Å². The van der Waals surface area contributed by atoms with Crippen molar-refractivity contribution < 1.29 is 4.74 Å². The summed E-state index contributed by atoms with van der Waals surface area (Å²) in [6.45, 7) is 0. The molecular formula is C10H6BrNOS. The van der Waals surface area contributed by atoms with E-state index >= 15 is 0 Å². The molecule has 0 bridgehead atoms. The van der Waals surface area contributed by atoms with E-state index in [4.69, 9.17) is 10.00 Å². The summed E-state index contributed by atoms with van der Waals surface area (Å²) in [5.74, 6) is 0.800. The molecule has 2 rings (SSSR count). The minimum Gasteiger partial charge on any atom is -0.494 e. The highest BCUT2D eigenvalue weighted by Gasteiger charge is 2.09. The lowest BCUT2D eigenvalue weighted by Gasteiger charge is -2.03. The molecular weight excluding hydrogens is 262 g/mol. The number of hydrogen-bond donors (Lipinski definition) is 0. The molecule has 0 N–H and O–H groups in total. The lowest BCUT2D eigenvalue weighted by Crippen LogP contribution is -1.83. The van der Waals surface area contributed by atoms with Crippen molar-refractivity contribution in [3.05, 3.63) is 27.5 Å². The van der Waals surface area contributed by atoms with E-state index in [1.807, 2.05) is 18.2 Å². The summed E-state index contributed by atoms with van der Waals surface area (Å²) in [7, 11) is 1.63. The standard InChI is InChI=1S/C10H6BrNOS/c1-13-9-8(11)3-2-6-4-7(5-12)14-10(6)9/h2-4H,1H3. The molecule has 14 heavy (non-hydrogen) atoms. The fourth-order valence-corrected chi connectivity index (χ4v) is 2.90. The second kappa shape index (κ2) is 3.60. The highest BCUT2D eigenvalue weighted by molar-refractivity contribution is 9.10. The fourth-order valence-electron chi connectivity index (χ4n) is 1.30. The van der Waals surface area contributed by atoms with Crippen LogP contribution in [0.3, 0.4) is 0 Å². The van der Waals surface area contributed by atoms with Gasteiger partial charge in [-0.2, -0.15) is 5.26 Å². The number of benzene rings is 1. The Labute approximate surface area is 93.9 Å². The molecule has 0 unspecified atom stereocenters. The number of nitrogens with zero attached hydrogens (tertiary/aromatic N) is 1. The van der Waals surface area contributed by atoms with E-state index < -0.39 is 0 Å². The van der Waals surface area contributed by atoms with Gasteiger partial charge in [0.2, 0.25) is 0 Å². The largest absolute Gasteiger partial charge is 0.494 e. The van der Waals surface area contributed by atoms with E-state index in [-0.39, 0.29) is 0 Å². The van der Waals surface area contributed by atoms with Crippen molar-refractivity contribution in [2.24, 2.45) is 0 Å². The Balaban J connectivity index is 2.81. The SMILES string of the molecule is COc1c(Br)ccc2cc(C#N)sc12. The van der Waals surface area contributed by atoms with Gasteiger partial charge in [-0.25, -0.2) is 0 Å². The third-order valence-electron chi connectivity index (χ3n) is 1.91. The van der Waals surface area contributed by atoms with Crippen molar-refractivity contribution in [2.45, 2.75) is 0 Å². The number of halogens is 1. The zero-order valence-corrected chi connectivity index (χ0v) is 9.78. The summed E-state index contributed by atoms with van der Waals surface area (Å²) in [4.78, 5) is 0.705. The first kappa shape index (κ1) is 9.50. The smallest absolute Gasteiger partial charge is 0.150 e. The summed E-state index contributed by atoms with van der Waals surface area (Å²) in [6, 6.07) is 7.90. The Morgan fingerprint density at radius 3 is 2.93 bits per heavy atom. The van der Waals surface area contributed by atoms with Gasteiger partial charge in [0.05, 0.1) is 16.3 Å². The summed E-state index contributed by atoms with van der Waals surface area (Å²) in [5.41, 5.74) is 0. The van der Waals surface area contributed by atoms with Crippen LogP contribution < -0.4 is 4.74 Å². The molecule has 0 saturated carbocycles. The fraction of sp³-hybridized carbons (Fsp3) is 0.100. The zero-order valence-electron chi connectivity index (χ0n) is 7.37. The molecule has 1 aromatic carbocycles. The number of fused-ring (bicyclic) bond motifs is 1. The van der Waals surface area contributed by atoms with Crippen LogP contribution in [-0.2, 0) is 0 Å². The Kier molecular flexibility index (Phi) is 2.44. The molecule has 0 atom stereocenters. The number of methoxy groups -OCH3 is 1. The second-order valence-electron chi connectivity index (χ2n) is 2.72. The van der Waals surface area contributed by atoms with Crippen LogP contribution in [0.1, 0.15) is 4.88 Å². The van der Waals surface area contributed by atoms with Gasteiger partial charge in [-0.1, -0.05) is 6.07 Å². The maximum atomic E-state index is 8.78. The first-order valence-corrected chi connectivity index (χ1v) is 5.53. The van der Waals surface area contributed by atoms with E-state index in [0.29, 0.717) is 4.88 Å². The molecule has 0 aliphatic carbocycles. The van der Waals surface area contributed by atoms with Gasteiger partial charge in [0.15, 0.2) is 5.75 Å². The summed E-state index contributed by atoms with van der Waals surface area (Å²) in [5, 5.41) is 9.83. The van der Waals surface area contributed by atoms with Crippen LogP contribution >= 0.6 is 27.3 Å². The minimum absolute atomic E-state index is 0.705. The molecule has 0 fully saturated rings. The first-order valence-electron chi connectivity index (χ1n) is 3.92. The second-order valence-corrected chi connectivity index (χ2v) is 4.63. The molecule has 1 aromatic heterocycles. The minimum atomic E-state index is 0.705. The van der Waals surface area contributed by atoms with Crippen molar-refractivity contribution in [1.82, 2.24) is 0 Å². The van der Waals surface area contributed by atoms with Crippen molar-refractivity contribution >= 4 is 37.4 Å². The lowest BCUT2D eigenvalue weighted by atomic mass is 10.2. The van der Waals surface area contributed by atoms with Gasteiger partial charge in [0, 0.05) is 0 Å². The van der Waals surface area contributed by atoms with Crippen LogP contribution in [0.25, 0.3) is 10.1 Å². The molecule has 2 nitrogen and oxygen atoms in total. The Bertz CT molecular complexity index is 527. The number of rotatable bonds is 1. The Morgan fingerprint density at radius 1 is 1.50 bits per heavy atom. The van der Waals surface area contributed by atoms with Crippen molar-refractivity contribution in [3.8, 4) is 11.8 Å². The van der Waals surface area contributed by atoms with Gasteiger partial charge < -0.3 is 4.74 Å².